The van der Waals surface area contributed by atoms with Gasteiger partial charge in [-0.05, 0) is 37.5 Å². The van der Waals surface area contributed by atoms with Crippen LogP contribution in [0.15, 0.2) is 36.0 Å². The molecule has 68 valence electrons. The third kappa shape index (κ3) is 1.12. The van der Waals surface area contributed by atoms with Crippen molar-refractivity contribution in [1.29, 1.82) is 0 Å². The smallest absolute Gasteiger partial charge is 0.00170 e. The number of rotatable bonds is 0. The summed E-state index contributed by atoms with van der Waals surface area (Å²) in [6.07, 6.45) is 17.3. The Kier molecular flexibility index (Phi) is 1.68. The minimum Gasteiger partial charge on any atom is -0.0882 e. The van der Waals surface area contributed by atoms with Crippen molar-refractivity contribution >= 4 is 0 Å². The van der Waals surface area contributed by atoms with E-state index in [1.54, 1.807) is 5.57 Å². The molecule has 0 heteroatoms. The molecule has 3 atom stereocenters. The van der Waals surface area contributed by atoms with Crippen molar-refractivity contribution < 1.29 is 0 Å². The Balaban J connectivity index is 1.91. The average Bonchev–Trinajstić information content (AvgIpc) is 2.65. The van der Waals surface area contributed by atoms with Crippen LogP contribution in [0.2, 0.25) is 0 Å². The van der Waals surface area contributed by atoms with Gasteiger partial charge in [0.25, 0.3) is 0 Å². The average molecular weight is 172 g/mol. The number of fused-ring (bicyclic) bond motifs is 3. The predicted molar refractivity (Wildman–Crippen MR) is 55.3 cm³/mol. The fraction of sp³-hybridized carbons (Fsp3) is 0.538. The normalized spacial score (nSPS) is 41.2. The molecule has 3 aliphatic carbocycles. The molecule has 0 aromatic carbocycles. The lowest BCUT2D eigenvalue weighted by Gasteiger charge is -2.38. The van der Waals surface area contributed by atoms with Gasteiger partial charge in [-0.2, -0.15) is 0 Å². The van der Waals surface area contributed by atoms with Gasteiger partial charge in [-0.1, -0.05) is 36.0 Å². The molecular weight excluding hydrogens is 156 g/mol. The second-order valence-electron chi connectivity index (χ2n) is 4.52. The van der Waals surface area contributed by atoms with Crippen LogP contribution >= 0.6 is 0 Å². The molecular formula is C13H16. The molecule has 3 rings (SSSR count). The quantitative estimate of drug-likeness (QED) is 0.491. The van der Waals surface area contributed by atoms with Crippen LogP contribution in [0.4, 0.5) is 0 Å². The Labute approximate surface area is 80.0 Å². The Hall–Kier alpha value is -0.780. The van der Waals surface area contributed by atoms with Crippen LogP contribution in [0.25, 0.3) is 0 Å². The van der Waals surface area contributed by atoms with Gasteiger partial charge in [0.15, 0.2) is 0 Å². The molecule has 3 unspecified atom stereocenters. The van der Waals surface area contributed by atoms with Crippen LogP contribution in [0.3, 0.4) is 0 Å². The first kappa shape index (κ1) is 7.61. The van der Waals surface area contributed by atoms with E-state index in [-0.39, 0.29) is 0 Å². The van der Waals surface area contributed by atoms with E-state index >= 15 is 0 Å². The molecule has 0 nitrogen and oxygen atoms in total. The third-order valence-corrected chi connectivity index (χ3v) is 3.88. The van der Waals surface area contributed by atoms with Gasteiger partial charge >= 0.3 is 0 Å². The molecule has 0 N–H and O–H groups in total. The van der Waals surface area contributed by atoms with Gasteiger partial charge in [0.1, 0.15) is 0 Å². The fourth-order valence-corrected chi connectivity index (χ4v) is 3.21. The van der Waals surface area contributed by atoms with Gasteiger partial charge in [0, 0.05) is 5.92 Å². The topological polar surface area (TPSA) is 0 Å². The van der Waals surface area contributed by atoms with Crippen LogP contribution in [0.5, 0.6) is 0 Å². The highest BCUT2D eigenvalue weighted by molar-refractivity contribution is 5.31. The van der Waals surface area contributed by atoms with Crippen molar-refractivity contribution in [3.8, 4) is 0 Å². The maximum atomic E-state index is 2.47. The summed E-state index contributed by atoms with van der Waals surface area (Å²) < 4.78 is 0. The summed E-state index contributed by atoms with van der Waals surface area (Å²) in [6, 6.07) is 0. The summed E-state index contributed by atoms with van der Waals surface area (Å²) in [7, 11) is 0. The maximum absolute atomic E-state index is 2.47. The molecule has 0 heterocycles. The zero-order valence-electron chi connectivity index (χ0n) is 7.95. The minimum absolute atomic E-state index is 0.809. The van der Waals surface area contributed by atoms with Gasteiger partial charge in [-0.25, -0.2) is 0 Å². The van der Waals surface area contributed by atoms with Gasteiger partial charge in [0.05, 0.1) is 0 Å². The summed E-state index contributed by atoms with van der Waals surface area (Å²) in [6.45, 7) is 0. The zero-order valence-corrected chi connectivity index (χ0v) is 7.95. The van der Waals surface area contributed by atoms with E-state index in [2.05, 4.69) is 30.4 Å². The van der Waals surface area contributed by atoms with Gasteiger partial charge < -0.3 is 0 Å². The van der Waals surface area contributed by atoms with Crippen LogP contribution in [0, 0.1) is 17.8 Å². The number of hydrogen-bond acceptors (Lipinski definition) is 0. The van der Waals surface area contributed by atoms with Crippen LogP contribution in [0.1, 0.15) is 25.7 Å². The summed E-state index contributed by atoms with van der Waals surface area (Å²) in [5.41, 5.74) is 1.71. The Morgan fingerprint density at radius 3 is 3.15 bits per heavy atom. The minimum atomic E-state index is 0.809. The molecule has 0 aromatic rings. The van der Waals surface area contributed by atoms with Crippen molar-refractivity contribution in [2.24, 2.45) is 17.8 Å². The highest BCUT2D eigenvalue weighted by Gasteiger charge is 2.35. The first-order valence-corrected chi connectivity index (χ1v) is 5.49. The third-order valence-electron chi connectivity index (χ3n) is 3.88. The molecule has 3 aliphatic rings. The molecule has 0 spiro atoms. The lowest BCUT2D eigenvalue weighted by molar-refractivity contribution is 0.254. The molecule has 0 radical (unpaired) electrons. The van der Waals surface area contributed by atoms with E-state index < -0.39 is 0 Å². The van der Waals surface area contributed by atoms with Crippen molar-refractivity contribution in [2.75, 3.05) is 0 Å². The fourth-order valence-electron chi connectivity index (χ4n) is 3.21. The molecule has 1 fully saturated rings. The van der Waals surface area contributed by atoms with E-state index in [4.69, 9.17) is 0 Å². The number of hydrogen-bond donors (Lipinski definition) is 0. The molecule has 1 saturated carbocycles. The van der Waals surface area contributed by atoms with E-state index in [0.29, 0.717) is 0 Å². The number of allylic oxidation sites excluding steroid dienone is 6. The van der Waals surface area contributed by atoms with E-state index in [0.717, 1.165) is 17.8 Å². The molecule has 0 bridgehead atoms. The Bertz CT molecular complexity index is 293. The van der Waals surface area contributed by atoms with Crippen LogP contribution < -0.4 is 0 Å². The highest BCUT2D eigenvalue weighted by atomic mass is 14.4. The van der Waals surface area contributed by atoms with Crippen molar-refractivity contribution in [3.63, 3.8) is 0 Å². The highest BCUT2D eigenvalue weighted by Crippen LogP contribution is 2.45. The molecule has 0 saturated heterocycles. The summed E-state index contributed by atoms with van der Waals surface area (Å²) in [5, 5.41) is 0. The van der Waals surface area contributed by atoms with E-state index in [1.807, 2.05) is 0 Å². The second-order valence-corrected chi connectivity index (χ2v) is 4.52. The van der Waals surface area contributed by atoms with Gasteiger partial charge in [0.2, 0.25) is 0 Å². The summed E-state index contributed by atoms with van der Waals surface area (Å²) in [4.78, 5) is 0. The van der Waals surface area contributed by atoms with Crippen molar-refractivity contribution in [2.45, 2.75) is 25.7 Å². The lowest BCUT2D eigenvalue weighted by Crippen LogP contribution is -2.28. The van der Waals surface area contributed by atoms with Crippen molar-refractivity contribution in [3.05, 3.63) is 36.0 Å². The van der Waals surface area contributed by atoms with Crippen molar-refractivity contribution in [1.82, 2.24) is 0 Å². The first-order valence-electron chi connectivity index (χ1n) is 5.49. The van der Waals surface area contributed by atoms with Gasteiger partial charge in [-0.15, -0.1) is 0 Å². The molecule has 0 aromatic heterocycles. The SMILES string of the molecule is C1=CC2C(=C1)CCC1C=CCCC12. The predicted octanol–water partition coefficient (Wildman–Crippen LogP) is 3.48. The van der Waals surface area contributed by atoms with Crippen LogP contribution in [-0.4, -0.2) is 0 Å². The monoisotopic (exact) mass is 172 g/mol. The molecule has 0 amide bonds. The lowest BCUT2D eigenvalue weighted by atomic mass is 9.67. The maximum Gasteiger partial charge on any atom is 0.00170 e. The second kappa shape index (κ2) is 2.87. The van der Waals surface area contributed by atoms with E-state index in [9.17, 15) is 0 Å². The van der Waals surface area contributed by atoms with E-state index in [1.165, 1.54) is 25.7 Å². The first-order chi connectivity index (χ1) is 6.45. The summed E-state index contributed by atoms with van der Waals surface area (Å²) in [5.74, 6) is 2.63. The molecule has 0 aliphatic heterocycles. The Morgan fingerprint density at radius 1 is 1.15 bits per heavy atom. The van der Waals surface area contributed by atoms with Gasteiger partial charge in [-0.3, -0.25) is 0 Å². The Morgan fingerprint density at radius 2 is 2.15 bits per heavy atom. The summed E-state index contributed by atoms with van der Waals surface area (Å²) >= 11 is 0. The zero-order chi connectivity index (χ0) is 8.67. The standard InChI is InChI=1S/C13H16/c1-2-6-12-10(4-1)8-9-11-5-3-7-13(11)12/h1,3-5,7,10,12-13H,2,6,8-9H2. The van der Waals surface area contributed by atoms with Crippen LogP contribution in [-0.2, 0) is 0 Å². The molecule has 13 heavy (non-hydrogen) atoms. The largest absolute Gasteiger partial charge is 0.0882 e.